The number of para-hydroxylation sites is 1. The molecule has 0 spiro atoms. The molecule has 1 amide bonds. The van der Waals surface area contributed by atoms with Crippen LogP contribution < -0.4 is 0 Å². The lowest BCUT2D eigenvalue weighted by Gasteiger charge is -2.39. The van der Waals surface area contributed by atoms with Crippen LogP contribution in [-0.4, -0.2) is 34.1 Å². The fourth-order valence-electron chi connectivity index (χ4n) is 4.59. The Morgan fingerprint density at radius 3 is 2.19 bits per heavy atom. The molecule has 4 nitrogen and oxygen atoms in total. The van der Waals surface area contributed by atoms with Crippen LogP contribution in [0.5, 0.6) is 0 Å². The van der Waals surface area contributed by atoms with Gasteiger partial charge < -0.3 is 4.90 Å². The molecule has 1 aromatic carbocycles. The molecule has 2 aromatic rings. The van der Waals surface area contributed by atoms with Crippen LogP contribution in [0, 0.1) is 6.92 Å². The molecule has 0 N–H and O–H groups in total. The second-order valence-electron chi connectivity index (χ2n) is 10.6. The van der Waals surface area contributed by atoms with E-state index in [1.165, 1.54) is 16.7 Å². The molecule has 0 saturated carbocycles. The molecular weight excluding hydrogens is 454 g/mol. The zero-order valence-corrected chi connectivity index (χ0v) is 24.8. The molecule has 1 aromatic heterocycles. The number of pyridine rings is 1. The molecule has 0 fully saturated rings. The molecule has 0 unspecified atom stereocenters. The lowest BCUT2D eigenvalue weighted by molar-refractivity contribution is 0.0732. The number of carbonyl (C=O) groups is 1. The first-order valence-corrected chi connectivity index (χ1v) is 13.8. The van der Waals surface area contributed by atoms with Gasteiger partial charge in [0.05, 0.1) is 23.0 Å². The Kier molecular flexibility index (Phi) is 11.0. The van der Waals surface area contributed by atoms with Gasteiger partial charge in [0, 0.05) is 23.4 Å². The molecule has 0 saturated heterocycles. The van der Waals surface area contributed by atoms with Gasteiger partial charge in [-0.15, -0.1) is 0 Å². The highest BCUT2D eigenvalue weighted by molar-refractivity contribution is 6.03. The Labute approximate surface area is 225 Å². The van der Waals surface area contributed by atoms with Crippen LogP contribution in [0.3, 0.4) is 0 Å². The highest BCUT2D eigenvalue weighted by atomic mass is 16.2. The Balaban J connectivity index is 0.000000733. The van der Waals surface area contributed by atoms with Gasteiger partial charge in [0.25, 0.3) is 5.91 Å². The molecule has 1 atom stereocenters. The molecule has 200 valence electrons. The van der Waals surface area contributed by atoms with Gasteiger partial charge in [-0.05, 0) is 83.2 Å². The summed E-state index contributed by atoms with van der Waals surface area (Å²) in [5.41, 5.74) is 8.52. The third-order valence-electron chi connectivity index (χ3n) is 7.02. The van der Waals surface area contributed by atoms with Crippen LogP contribution in [0.15, 0.2) is 64.7 Å². The first-order chi connectivity index (χ1) is 17.6. The lowest BCUT2D eigenvalue weighted by Crippen LogP contribution is -2.49. The fraction of sp³-hybridized carbons (Fsp3) is 0.485. The van der Waals surface area contributed by atoms with Crippen molar-refractivity contribution in [2.24, 2.45) is 4.99 Å². The number of hydrogen-bond acceptors (Lipinski definition) is 3. The standard InChI is InChI=1S/C27H33N3O.C4H8.C2H6/c1-17-15-16-30(26(31)21-12-14-24(27(4,5)6)28-19(21)3)25(18(17)2)23-13-11-20-9-7-8-10-22(20)29-23;1-3-4-2;1-2/h7-10,12,14,25H,11,13,15-16H2,1-6H3;3-4H,1-2H3;1-2H3/b;4-3+;/t25-;;/m0../s1. The number of aryl methyl sites for hydroxylation is 2. The smallest absolute Gasteiger partial charge is 0.256 e. The van der Waals surface area contributed by atoms with Crippen molar-refractivity contribution < 1.29 is 4.79 Å². The van der Waals surface area contributed by atoms with Gasteiger partial charge in [-0.3, -0.25) is 14.8 Å². The van der Waals surface area contributed by atoms with Crippen LogP contribution >= 0.6 is 0 Å². The maximum atomic E-state index is 13.7. The van der Waals surface area contributed by atoms with Crippen molar-refractivity contribution in [3.05, 3.63) is 82.2 Å². The van der Waals surface area contributed by atoms with Crippen molar-refractivity contribution in [3.8, 4) is 0 Å². The average Bonchev–Trinajstić information content (AvgIpc) is 2.90. The van der Waals surface area contributed by atoms with Gasteiger partial charge in [0.1, 0.15) is 0 Å². The second-order valence-corrected chi connectivity index (χ2v) is 10.6. The number of aliphatic imine (C=N–C) groups is 1. The summed E-state index contributed by atoms with van der Waals surface area (Å²) in [6.07, 6.45) is 6.77. The normalized spacial score (nSPS) is 17.3. The van der Waals surface area contributed by atoms with Crippen LogP contribution in [0.4, 0.5) is 5.69 Å². The van der Waals surface area contributed by atoms with Crippen molar-refractivity contribution in [2.75, 3.05) is 6.54 Å². The van der Waals surface area contributed by atoms with E-state index in [-0.39, 0.29) is 17.4 Å². The van der Waals surface area contributed by atoms with Crippen LogP contribution in [0.1, 0.15) is 102 Å². The largest absolute Gasteiger partial charge is 0.326 e. The second kappa shape index (κ2) is 13.5. The van der Waals surface area contributed by atoms with E-state index in [9.17, 15) is 4.79 Å². The summed E-state index contributed by atoms with van der Waals surface area (Å²) in [6.45, 7) is 21.5. The van der Waals surface area contributed by atoms with Crippen molar-refractivity contribution in [2.45, 2.75) is 100.0 Å². The van der Waals surface area contributed by atoms with E-state index in [0.29, 0.717) is 12.1 Å². The molecule has 4 heteroatoms. The summed E-state index contributed by atoms with van der Waals surface area (Å²) in [5.74, 6) is 0.0591. The van der Waals surface area contributed by atoms with Crippen LogP contribution in [-0.2, 0) is 11.8 Å². The molecule has 37 heavy (non-hydrogen) atoms. The highest BCUT2D eigenvalue weighted by Crippen LogP contribution is 2.33. The number of allylic oxidation sites excluding steroid dienone is 2. The summed E-state index contributed by atoms with van der Waals surface area (Å²) in [5, 5.41) is 0. The summed E-state index contributed by atoms with van der Waals surface area (Å²) in [7, 11) is 0. The number of benzene rings is 1. The molecule has 3 heterocycles. The van der Waals surface area contributed by atoms with E-state index in [2.05, 4.69) is 52.8 Å². The zero-order chi connectivity index (χ0) is 27.8. The van der Waals surface area contributed by atoms with Gasteiger partial charge in [-0.1, -0.05) is 70.5 Å². The topological polar surface area (TPSA) is 45.6 Å². The van der Waals surface area contributed by atoms with E-state index in [4.69, 9.17) is 9.98 Å². The van der Waals surface area contributed by atoms with Gasteiger partial charge in [-0.25, -0.2) is 0 Å². The SMILES string of the molecule is C/C=C/C.CC.CC1=C(C)[C@@H](C2=Nc3ccccc3CC2)N(C(=O)c2ccc(C(C)(C)C)nc2C)CC1. The zero-order valence-electron chi connectivity index (χ0n) is 24.8. The van der Waals surface area contributed by atoms with Gasteiger partial charge in [-0.2, -0.15) is 0 Å². The number of fused-ring (bicyclic) bond motifs is 1. The van der Waals surface area contributed by atoms with Crippen molar-refractivity contribution in [1.29, 1.82) is 0 Å². The maximum absolute atomic E-state index is 13.7. The molecule has 4 rings (SSSR count). The van der Waals surface area contributed by atoms with E-state index >= 15 is 0 Å². The third-order valence-corrected chi connectivity index (χ3v) is 7.02. The summed E-state index contributed by atoms with van der Waals surface area (Å²) < 4.78 is 0. The Morgan fingerprint density at radius 2 is 1.59 bits per heavy atom. The van der Waals surface area contributed by atoms with E-state index in [0.717, 1.165) is 42.0 Å². The summed E-state index contributed by atoms with van der Waals surface area (Å²) in [6, 6.07) is 12.2. The third kappa shape index (κ3) is 7.28. The maximum Gasteiger partial charge on any atom is 0.256 e. The first-order valence-electron chi connectivity index (χ1n) is 13.8. The molecular formula is C33H47N3O. The Morgan fingerprint density at radius 1 is 0.946 bits per heavy atom. The number of rotatable bonds is 2. The van der Waals surface area contributed by atoms with Crippen molar-refractivity contribution >= 4 is 17.3 Å². The fourth-order valence-corrected chi connectivity index (χ4v) is 4.59. The molecule has 0 radical (unpaired) electrons. The molecule has 2 aliphatic heterocycles. The monoisotopic (exact) mass is 501 g/mol. The first kappa shape index (κ1) is 30.2. The minimum atomic E-state index is -0.0729. The number of carbonyl (C=O) groups excluding carboxylic acids is 1. The van der Waals surface area contributed by atoms with Gasteiger partial charge in [0.2, 0.25) is 0 Å². The number of hydrogen-bond donors (Lipinski definition) is 0. The number of amides is 1. The van der Waals surface area contributed by atoms with Crippen molar-refractivity contribution in [3.63, 3.8) is 0 Å². The average molecular weight is 502 g/mol. The molecule has 0 aliphatic carbocycles. The van der Waals surface area contributed by atoms with E-state index in [1.54, 1.807) is 0 Å². The molecule has 2 aliphatic rings. The predicted octanol–water partition coefficient (Wildman–Crippen LogP) is 8.57. The number of aromatic nitrogens is 1. The Hall–Kier alpha value is -3.01. The van der Waals surface area contributed by atoms with E-state index in [1.807, 2.05) is 69.9 Å². The Bertz CT molecular complexity index is 1160. The van der Waals surface area contributed by atoms with Gasteiger partial charge >= 0.3 is 0 Å². The lowest BCUT2D eigenvalue weighted by atomic mass is 9.87. The van der Waals surface area contributed by atoms with Crippen LogP contribution in [0.2, 0.25) is 0 Å². The molecule has 0 bridgehead atoms. The van der Waals surface area contributed by atoms with E-state index < -0.39 is 0 Å². The minimum absolute atomic E-state index is 0.0410. The number of nitrogens with zero attached hydrogens (tertiary/aromatic N) is 3. The summed E-state index contributed by atoms with van der Waals surface area (Å²) in [4.78, 5) is 25.6. The highest BCUT2D eigenvalue weighted by Gasteiger charge is 2.35. The predicted molar refractivity (Wildman–Crippen MR) is 159 cm³/mol. The minimum Gasteiger partial charge on any atom is -0.326 e. The van der Waals surface area contributed by atoms with Crippen molar-refractivity contribution in [1.82, 2.24) is 9.88 Å². The quantitative estimate of drug-likeness (QED) is 0.387. The van der Waals surface area contributed by atoms with Gasteiger partial charge in [0.15, 0.2) is 0 Å². The summed E-state index contributed by atoms with van der Waals surface area (Å²) >= 11 is 0. The van der Waals surface area contributed by atoms with Crippen LogP contribution in [0.25, 0.3) is 0 Å².